The van der Waals surface area contributed by atoms with Crippen LogP contribution in [0.3, 0.4) is 0 Å². The Labute approximate surface area is 127 Å². The van der Waals surface area contributed by atoms with E-state index in [4.69, 9.17) is 16.9 Å². The summed E-state index contributed by atoms with van der Waals surface area (Å²) in [5.74, 6) is 1.60. The van der Waals surface area contributed by atoms with Crippen molar-refractivity contribution in [1.29, 1.82) is 5.26 Å². The summed E-state index contributed by atoms with van der Waals surface area (Å²) in [6.07, 6.45) is 0. The van der Waals surface area contributed by atoms with E-state index in [-0.39, 0.29) is 0 Å². The third-order valence-electron chi connectivity index (χ3n) is 3.44. The second-order valence-electron chi connectivity index (χ2n) is 4.73. The second kappa shape index (κ2) is 5.78. The molecule has 0 fully saturated rings. The Morgan fingerprint density at radius 2 is 2.15 bits per heavy atom. The summed E-state index contributed by atoms with van der Waals surface area (Å²) in [4.78, 5) is 1.38. The van der Waals surface area contributed by atoms with Crippen LogP contribution in [0.15, 0.2) is 47.4 Å². The predicted octanol–water partition coefficient (Wildman–Crippen LogP) is 4.51. The number of halogens is 1. The van der Waals surface area contributed by atoms with Crippen LogP contribution in [0.25, 0.3) is 0 Å². The molecule has 20 heavy (non-hydrogen) atoms. The first-order valence-electron chi connectivity index (χ1n) is 6.43. The molecule has 1 heterocycles. The summed E-state index contributed by atoms with van der Waals surface area (Å²) in [6, 6.07) is 16.0. The third kappa shape index (κ3) is 2.63. The van der Waals surface area contributed by atoms with Crippen LogP contribution in [0, 0.1) is 11.3 Å². The number of rotatable bonds is 3. The molecule has 100 valence electrons. The molecule has 1 atom stereocenters. The number of nitriles is 1. The number of thioether (sulfide) groups is 1. The van der Waals surface area contributed by atoms with Crippen molar-refractivity contribution in [3.63, 3.8) is 0 Å². The molecule has 0 saturated heterocycles. The molecule has 0 spiro atoms. The van der Waals surface area contributed by atoms with Crippen LogP contribution < -0.4 is 5.32 Å². The molecule has 2 aromatic rings. The van der Waals surface area contributed by atoms with E-state index in [1.807, 2.05) is 17.8 Å². The van der Waals surface area contributed by atoms with Crippen LogP contribution in [0.4, 0.5) is 5.69 Å². The summed E-state index contributed by atoms with van der Waals surface area (Å²) in [6.45, 7) is 0.857. The van der Waals surface area contributed by atoms with Gasteiger partial charge in [-0.25, -0.2) is 0 Å². The van der Waals surface area contributed by atoms with Crippen molar-refractivity contribution >= 4 is 29.1 Å². The van der Waals surface area contributed by atoms with Gasteiger partial charge in [-0.05, 0) is 29.8 Å². The fraction of sp³-hybridized carbons (Fsp3) is 0.188. The predicted molar refractivity (Wildman–Crippen MR) is 84.6 cm³/mol. The Morgan fingerprint density at radius 3 is 2.95 bits per heavy atom. The molecule has 0 amide bonds. The lowest BCUT2D eigenvalue weighted by atomic mass is 10.0. The zero-order valence-electron chi connectivity index (χ0n) is 10.8. The van der Waals surface area contributed by atoms with Crippen LogP contribution >= 0.6 is 23.4 Å². The fourth-order valence-electron chi connectivity index (χ4n) is 2.36. The van der Waals surface area contributed by atoms with E-state index < -0.39 is 0 Å². The molecule has 0 radical (unpaired) electrons. The Balaban J connectivity index is 1.71. The first-order valence-corrected chi connectivity index (χ1v) is 7.79. The maximum atomic E-state index is 8.83. The summed E-state index contributed by atoms with van der Waals surface area (Å²) >= 11 is 8.08. The standard InChI is InChI=1S/C16H13ClN2S/c17-14-7-11(8-18)5-6-15(14)19-9-12-10-20-16-4-2-1-3-13(12)16/h1-7,12,19H,9-10H2. The van der Waals surface area contributed by atoms with Crippen molar-refractivity contribution in [1.82, 2.24) is 0 Å². The van der Waals surface area contributed by atoms with Gasteiger partial charge < -0.3 is 5.32 Å². The lowest BCUT2D eigenvalue weighted by molar-refractivity contribution is 0.819. The van der Waals surface area contributed by atoms with Gasteiger partial charge in [-0.3, -0.25) is 0 Å². The molecule has 0 bridgehead atoms. The number of nitrogens with zero attached hydrogens (tertiary/aromatic N) is 1. The van der Waals surface area contributed by atoms with Crippen molar-refractivity contribution < 1.29 is 0 Å². The van der Waals surface area contributed by atoms with Crippen LogP contribution in [0.5, 0.6) is 0 Å². The van der Waals surface area contributed by atoms with Crippen molar-refractivity contribution in [2.75, 3.05) is 17.6 Å². The number of hydrogen-bond donors (Lipinski definition) is 1. The molecule has 0 saturated carbocycles. The maximum absolute atomic E-state index is 8.83. The van der Waals surface area contributed by atoms with Gasteiger partial charge in [0.25, 0.3) is 0 Å². The summed E-state index contributed by atoms with van der Waals surface area (Å²) < 4.78 is 0. The first-order chi connectivity index (χ1) is 9.78. The largest absolute Gasteiger partial charge is 0.383 e. The van der Waals surface area contributed by atoms with E-state index in [1.165, 1.54) is 10.5 Å². The highest BCUT2D eigenvalue weighted by atomic mass is 35.5. The van der Waals surface area contributed by atoms with E-state index in [9.17, 15) is 0 Å². The minimum atomic E-state index is 0.503. The quantitative estimate of drug-likeness (QED) is 0.905. The molecular weight excluding hydrogens is 288 g/mol. The molecule has 1 aliphatic heterocycles. The van der Waals surface area contributed by atoms with Crippen molar-refractivity contribution in [3.8, 4) is 6.07 Å². The van der Waals surface area contributed by atoms with Gasteiger partial charge in [-0.1, -0.05) is 29.8 Å². The molecule has 1 N–H and O–H groups in total. The third-order valence-corrected chi connectivity index (χ3v) is 5.00. The molecule has 1 unspecified atom stereocenters. The smallest absolute Gasteiger partial charge is 0.0992 e. The van der Waals surface area contributed by atoms with Gasteiger partial charge in [0, 0.05) is 23.1 Å². The topological polar surface area (TPSA) is 35.8 Å². The van der Waals surface area contributed by atoms with Gasteiger partial charge in [0.05, 0.1) is 22.3 Å². The van der Waals surface area contributed by atoms with Gasteiger partial charge in [-0.15, -0.1) is 11.8 Å². The van der Waals surface area contributed by atoms with Crippen molar-refractivity contribution in [2.24, 2.45) is 0 Å². The number of benzene rings is 2. The zero-order chi connectivity index (χ0) is 13.9. The highest BCUT2D eigenvalue weighted by Crippen LogP contribution is 2.39. The van der Waals surface area contributed by atoms with E-state index in [2.05, 4.69) is 35.7 Å². The summed E-state index contributed by atoms with van der Waals surface area (Å²) in [7, 11) is 0. The normalized spacial score (nSPS) is 16.5. The highest BCUT2D eigenvalue weighted by Gasteiger charge is 2.22. The fourth-order valence-corrected chi connectivity index (χ4v) is 3.86. The van der Waals surface area contributed by atoms with Gasteiger partial charge in [0.2, 0.25) is 0 Å². The lowest BCUT2D eigenvalue weighted by Crippen LogP contribution is -2.12. The molecular formula is C16H13ClN2S. The van der Waals surface area contributed by atoms with Gasteiger partial charge in [-0.2, -0.15) is 5.26 Å². The average molecular weight is 301 g/mol. The SMILES string of the molecule is N#Cc1ccc(NCC2CSc3ccccc32)c(Cl)c1. The second-order valence-corrected chi connectivity index (χ2v) is 6.20. The Kier molecular flexibility index (Phi) is 3.86. The molecule has 0 aliphatic carbocycles. The van der Waals surface area contributed by atoms with E-state index in [0.29, 0.717) is 16.5 Å². The summed E-state index contributed by atoms with van der Waals surface area (Å²) in [5, 5.41) is 12.8. The number of hydrogen-bond acceptors (Lipinski definition) is 3. The molecule has 1 aliphatic rings. The first kappa shape index (κ1) is 13.4. The minimum absolute atomic E-state index is 0.503. The van der Waals surface area contributed by atoms with Crippen molar-refractivity contribution in [2.45, 2.75) is 10.8 Å². The van der Waals surface area contributed by atoms with Gasteiger partial charge in [0.15, 0.2) is 0 Å². The molecule has 2 aromatic carbocycles. The average Bonchev–Trinajstić information content (AvgIpc) is 2.89. The number of anilines is 1. The monoisotopic (exact) mass is 300 g/mol. The molecule has 2 nitrogen and oxygen atoms in total. The minimum Gasteiger partial charge on any atom is -0.383 e. The Hall–Kier alpha value is -1.63. The van der Waals surface area contributed by atoms with E-state index in [0.717, 1.165) is 18.0 Å². The van der Waals surface area contributed by atoms with Crippen LogP contribution in [0.1, 0.15) is 17.0 Å². The summed E-state index contributed by atoms with van der Waals surface area (Å²) in [5.41, 5.74) is 2.89. The maximum Gasteiger partial charge on any atom is 0.0992 e. The van der Waals surface area contributed by atoms with Gasteiger partial charge >= 0.3 is 0 Å². The lowest BCUT2D eigenvalue weighted by Gasteiger charge is -2.14. The molecule has 4 heteroatoms. The molecule has 3 rings (SSSR count). The Bertz CT molecular complexity index is 678. The number of nitrogens with one attached hydrogen (secondary N) is 1. The van der Waals surface area contributed by atoms with Gasteiger partial charge in [0.1, 0.15) is 0 Å². The Morgan fingerprint density at radius 1 is 1.30 bits per heavy atom. The van der Waals surface area contributed by atoms with Crippen LogP contribution in [-0.2, 0) is 0 Å². The highest BCUT2D eigenvalue weighted by molar-refractivity contribution is 7.99. The van der Waals surface area contributed by atoms with Crippen LogP contribution in [-0.4, -0.2) is 12.3 Å². The zero-order valence-corrected chi connectivity index (χ0v) is 12.3. The van der Waals surface area contributed by atoms with E-state index >= 15 is 0 Å². The van der Waals surface area contributed by atoms with E-state index in [1.54, 1.807) is 12.1 Å². The van der Waals surface area contributed by atoms with Crippen molar-refractivity contribution in [3.05, 3.63) is 58.6 Å². The molecule has 0 aromatic heterocycles. The number of fused-ring (bicyclic) bond motifs is 1. The van der Waals surface area contributed by atoms with Crippen LogP contribution in [0.2, 0.25) is 5.02 Å².